The number of carbonyl (C=O) groups is 1. The quantitative estimate of drug-likeness (QED) is 0.588. The van der Waals surface area contributed by atoms with Crippen molar-refractivity contribution in [1.29, 1.82) is 0 Å². The standard InChI is InChI=1S/C21H21ClN2O4S/c1-16-4-6-17(7-5-16)14-24(15-21(25)23-13-19-3-2-12-28-19)29(26,27)20-10-8-18(22)9-11-20/h2-12H,13-15H2,1H3,(H,23,25). The minimum absolute atomic E-state index is 0.0689. The molecule has 0 spiro atoms. The molecule has 0 fully saturated rings. The normalized spacial score (nSPS) is 11.6. The molecular formula is C21H21ClN2O4S. The summed E-state index contributed by atoms with van der Waals surface area (Å²) < 4.78 is 32.7. The van der Waals surface area contributed by atoms with Gasteiger partial charge in [-0.05, 0) is 48.9 Å². The van der Waals surface area contributed by atoms with Crippen LogP contribution in [0.5, 0.6) is 0 Å². The number of furan rings is 1. The van der Waals surface area contributed by atoms with Gasteiger partial charge in [0.2, 0.25) is 15.9 Å². The van der Waals surface area contributed by atoms with Crippen molar-refractivity contribution in [2.75, 3.05) is 6.54 Å². The van der Waals surface area contributed by atoms with Crippen LogP contribution in [0.15, 0.2) is 76.2 Å². The zero-order valence-electron chi connectivity index (χ0n) is 15.8. The molecule has 0 saturated carbocycles. The molecule has 0 unspecified atom stereocenters. The lowest BCUT2D eigenvalue weighted by molar-refractivity contribution is -0.121. The third-order valence-corrected chi connectivity index (χ3v) is 6.35. The summed E-state index contributed by atoms with van der Waals surface area (Å²) in [5.74, 6) is 0.162. The third-order valence-electron chi connectivity index (χ3n) is 4.29. The first-order valence-corrected chi connectivity index (χ1v) is 10.8. The second-order valence-corrected chi connectivity index (χ2v) is 8.94. The van der Waals surface area contributed by atoms with Gasteiger partial charge in [0.25, 0.3) is 0 Å². The maximum absolute atomic E-state index is 13.2. The lowest BCUT2D eigenvalue weighted by Crippen LogP contribution is -2.40. The van der Waals surface area contributed by atoms with Crippen LogP contribution in [0.25, 0.3) is 0 Å². The van der Waals surface area contributed by atoms with E-state index in [4.69, 9.17) is 16.0 Å². The van der Waals surface area contributed by atoms with Gasteiger partial charge >= 0.3 is 0 Å². The summed E-state index contributed by atoms with van der Waals surface area (Å²) in [6, 6.07) is 16.8. The molecule has 0 aliphatic rings. The molecule has 0 aliphatic heterocycles. The van der Waals surface area contributed by atoms with E-state index in [1.165, 1.54) is 30.5 Å². The van der Waals surface area contributed by atoms with E-state index >= 15 is 0 Å². The van der Waals surface area contributed by atoms with Gasteiger partial charge in [-0.1, -0.05) is 41.4 Å². The van der Waals surface area contributed by atoms with Gasteiger partial charge in [0.05, 0.1) is 24.2 Å². The molecule has 0 radical (unpaired) electrons. The summed E-state index contributed by atoms with van der Waals surface area (Å²) in [5.41, 5.74) is 1.85. The Bertz CT molecular complexity index is 1050. The highest BCUT2D eigenvalue weighted by molar-refractivity contribution is 7.89. The summed E-state index contributed by atoms with van der Waals surface area (Å²) in [6.07, 6.45) is 1.51. The lowest BCUT2D eigenvalue weighted by atomic mass is 10.1. The topological polar surface area (TPSA) is 79.6 Å². The predicted octanol–water partition coefficient (Wildman–Crippen LogP) is 3.75. The molecule has 29 heavy (non-hydrogen) atoms. The molecule has 0 atom stereocenters. The van der Waals surface area contributed by atoms with Crippen molar-refractivity contribution in [1.82, 2.24) is 9.62 Å². The van der Waals surface area contributed by atoms with E-state index in [0.29, 0.717) is 10.8 Å². The lowest BCUT2D eigenvalue weighted by Gasteiger charge is -2.22. The number of hydrogen-bond donors (Lipinski definition) is 1. The smallest absolute Gasteiger partial charge is 0.243 e. The molecule has 8 heteroatoms. The van der Waals surface area contributed by atoms with Gasteiger partial charge in [-0.3, -0.25) is 4.79 Å². The molecule has 0 bridgehead atoms. The Hall–Kier alpha value is -2.61. The maximum atomic E-state index is 13.2. The average molecular weight is 433 g/mol. The summed E-state index contributed by atoms with van der Waals surface area (Å²) in [4.78, 5) is 12.5. The Kier molecular flexibility index (Phi) is 6.74. The van der Waals surface area contributed by atoms with Crippen molar-refractivity contribution in [3.63, 3.8) is 0 Å². The number of amides is 1. The van der Waals surface area contributed by atoms with Crippen molar-refractivity contribution < 1.29 is 17.6 Å². The fourth-order valence-corrected chi connectivity index (χ4v) is 4.20. The minimum Gasteiger partial charge on any atom is -0.467 e. The van der Waals surface area contributed by atoms with Crippen molar-refractivity contribution in [3.8, 4) is 0 Å². The second-order valence-electron chi connectivity index (χ2n) is 6.57. The number of nitrogens with one attached hydrogen (secondary N) is 1. The van der Waals surface area contributed by atoms with Crippen LogP contribution < -0.4 is 5.32 Å². The molecule has 6 nitrogen and oxygen atoms in total. The van der Waals surface area contributed by atoms with Crippen LogP contribution in [0.3, 0.4) is 0 Å². The fourth-order valence-electron chi connectivity index (χ4n) is 2.69. The summed E-state index contributed by atoms with van der Waals surface area (Å²) in [5, 5.41) is 3.12. The van der Waals surface area contributed by atoms with E-state index in [1.54, 1.807) is 12.1 Å². The van der Waals surface area contributed by atoms with Crippen LogP contribution in [0, 0.1) is 6.92 Å². The van der Waals surface area contributed by atoms with E-state index in [0.717, 1.165) is 15.4 Å². The Labute approximate surface area is 175 Å². The fraction of sp³-hybridized carbons (Fsp3) is 0.190. The number of benzene rings is 2. The molecule has 3 aromatic rings. The summed E-state index contributed by atoms with van der Waals surface area (Å²) >= 11 is 5.88. The number of rotatable bonds is 8. The number of carbonyl (C=O) groups excluding carboxylic acids is 1. The number of halogens is 1. The molecule has 3 rings (SSSR count). The van der Waals surface area contributed by atoms with E-state index in [2.05, 4.69) is 5.32 Å². The van der Waals surface area contributed by atoms with E-state index < -0.39 is 15.9 Å². The molecule has 1 heterocycles. The molecule has 152 valence electrons. The van der Waals surface area contributed by atoms with Crippen LogP contribution in [0.2, 0.25) is 5.02 Å². The van der Waals surface area contributed by atoms with Gasteiger partial charge in [-0.2, -0.15) is 4.31 Å². The number of hydrogen-bond acceptors (Lipinski definition) is 4. The average Bonchev–Trinajstić information content (AvgIpc) is 3.21. The van der Waals surface area contributed by atoms with Crippen molar-refractivity contribution in [2.24, 2.45) is 0 Å². The van der Waals surface area contributed by atoms with Crippen LogP contribution in [0.4, 0.5) is 0 Å². The molecular weight excluding hydrogens is 412 g/mol. The first-order chi connectivity index (χ1) is 13.8. The largest absolute Gasteiger partial charge is 0.467 e. The Balaban J connectivity index is 1.81. The highest BCUT2D eigenvalue weighted by atomic mass is 35.5. The molecule has 1 amide bonds. The first kappa shape index (κ1) is 21.1. The zero-order chi connectivity index (χ0) is 20.9. The van der Waals surface area contributed by atoms with Gasteiger partial charge in [0.1, 0.15) is 5.76 Å². The molecule has 1 aromatic heterocycles. The highest BCUT2D eigenvalue weighted by Crippen LogP contribution is 2.20. The van der Waals surface area contributed by atoms with E-state index in [-0.39, 0.29) is 24.5 Å². The van der Waals surface area contributed by atoms with Crippen LogP contribution in [0.1, 0.15) is 16.9 Å². The Morgan fingerprint density at radius 2 is 1.76 bits per heavy atom. The van der Waals surface area contributed by atoms with Crippen molar-refractivity contribution in [2.45, 2.75) is 24.9 Å². The van der Waals surface area contributed by atoms with Gasteiger partial charge in [-0.25, -0.2) is 8.42 Å². The number of nitrogens with zero attached hydrogens (tertiary/aromatic N) is 1. The Morgan fingerprint density at radius 1 is 1.07 bits per heavy atom. The monoisotopic (exact) mass is 432 g/mol. The van der Waals surface area contributed by atoms with Crippen molar-refractivity contribution in [3.05, 3.63) is 88.8 Å². The molecule has 0 saturated heterocycles. The predicted molar refractivity (Wildman–Crippen MR) is 111 cm³/mol. The Morgan fingerprint density at radius 3 is 2.38 bits per heavy atom. The minimum atomic E-state index is -3.90. The molecule has 0 aliphatic carbocycles. The van der Waals surface area contributed by atoms with Crippen LogP contribution in [-0.4, -0.2) is 25.2 Å². The van der Waals surface area contributed by atoms with Gasteiger partial charge < -0.3 is 9.73 Å². The van der Waals surface area contributed by atoms with Crippen LogP contribution >= 0.6 is 11.6 Å². The first-order valence-electron chi connectivity index (χ1n) is 8.95. The molecule has 1 N–H and O–H groups in total. The highest BCUT2D eigenvalue weighted by Gasteiger charge is 2.27. The van der Waals surface area contributed by atoms with Gasteiger partial charge in [0, 0.05) is 11.6 Å². The van der Waals surface area contributed by atoms with Gasteiger partial charge in [-0.15, -0.1) is 0 Å². The third kappa shape index (κ3) is 5.69. The van der Waals surface area contributed by atoms with E-state index in [9.17, 15) is 13.2 Å². The number of sulfonamides is 1. The van der Waals surface area contributed by atoms with Gasteiger partial charge in [0.15, 0.2) is 0 Å². The second kappa shape index (κ2) is 9.26. The molecule has 2 aromatic carbocycles. The maximum Gasteiger partial charge on any atom is 0.243 e. The number of aryl methyl sites for hydroxylation is 1. The van der Waals surface area contributed by atoms with E-state index in [1.807, 2.05) is 31.2 Å². The van der Waals surface area contributed by atoms with Crippen LogP contribution in [-0.2, 0) is 27.9 Å². The summed E-state index contributed by atoms with van der Waals surface area (Å²) in [6.45, 7) is 1.89. The van der Waals surface area contributed by atoms with Crippen molar-refractivity contribution >= 4 is 27.5 Å². The zero-order valence-corrected chi connectivity index (χ0v) is 17.4. The SMILES string of the molecule is Cc1ccc(CN(CC(=O)NCc2ccco2)S(=O)(=O)c2ccc(Cl)cc2)cc1. The summed E-state index contributed by atoms with van der Waals surface area (Å²) in [7, 11) is -3.90.